The molecule has 0 aromatic heterocycles. The molecule has 2 aromatic rings. The van der Waals surface area contributed by atoms with Gasteiger partial charge in [0, 0.05) is 0 Å². The van der Waals surface area contributed by atoms with Crippen molar-refractivity contribution in [3.63, 3.8) is 0 Å². The van der Waals surface area contributed by atoms with Crippen LogP contribution in [0.3, 0.4) is 0 Å². The molecule has 3 heteroatoms. The third kappa shape index (κ3) is 2.96. The quantitative estimate of drug-likeness (QED) is 0.858. The number of primary amides is 1. The van der Waals surface area contributed by atoms with Gasteiger partial charge in [-0.2, -0.15) is 0 Å². The van der Waals surface area contributed by atoms with Crippen molar-refractivity contribution in [1.82, 2.24) is 0 Å². The molecule has 3 nitrogen and oxygen atoms in total. The summed E-state index contributed by atoms with van der Waals surface area (Å²) in [5.41, 5.74) is 9.07. The average molecular weight is 241 g/mol. The van der Waals surface area contributed by atoms with E-state index in [0.29, 0.717) is 0 Å². The van der Waals surface area contributed by atoms with Gasteiger partial charge in [-0.1, -0.05) is 48.5 Å². The van der Waals surface area contributed by atoms with E-state index in [0.717, 1.165) is 22.3 Å². The van der Waals surface area contributed by atoms with Gasteiger partial charge in [0.1, 0.15) is 0 Å². The fourth-order valence-corrected chi connectivity index (χ4v) is 1.86. The van der Waals surface area contributed by atoms with Crippen molar-refractivity contribution in [3.8, 4) is 11.1 Å². The number of hydrogen-bond acceptors (Lipinski definition) is 2. The lowest BCUT2D eigenvalue weighted by Gasteiger charge is -2.05. The third-order valence-corrected chi connectivity index (χ3v) is 2.78. The van der Waals surface area contributed by atoms with E-state index in [9.17, 15) is 4.79 Å². The second-order valence-electron chi connectivity index (χ2n) is 4.20. The lowest BCUT2D eigenvalue weighted by molar-refractivity contribution is -0.117. The van der Waals surface area contributed by atoms with E-state index in [4.69, 9.17) is 10.8 Å². The maximum atomic E-state index is 10.9. The molecule has 0 aliphatic rings. The summed E-state index contributed by atoms with van der Waals surface area (Å²) < 4.78 is 0. The van der Waals surface area contributed by atoms with Crippen molar-refractivity contribution < 1.29 is 9.90 Å². The average Bonchev–Trinajstić information content (AvgIpc) is 2.38. The maximum Gasteiger partial charge on any atom is 0.221 e. The molecule has 0 saturated heterocycles. The zero-order valence-electron chi connectivity index (χ0n) is 9.97. The minimum atomic E-state index is -0.331. The van der Waals surface area contributed by atoms with E-state index in [1.165, 1.54) is 0 Å². The molecule has 0 fully saturated rings. The number of benzene rings is 2. The van der Waals surface area contributed by atoms with Gasteiger partial charge in [-0.15, -0.1) is 0 Å². The number of aliphatic hydroxyl groups is 1. The molecule has 0 bridgehead atoms. The van der Waals surface area contributed by atoms with Crippen LogP contribution in [-0.4, -0.2) is 11.0 Å². The molecule has 2 aromatic carbocycles. The Morgan fingerprint density at radius 1 is 1.00 bits per heavy atom. The molecule has 0 unspecified atom stereocenters. The summed E-state index contributed by atoms with van der Waals surface area (Å²) in [6.45, 7) is 0.0436. The lowest BCUT2D eigenvalue weighted by Crippen LogP contribution is -2.13. The van der Waals surface area contributed by atoms with Crippen LogP contribution in [0.4, 0.5) is 0 Å². The number of carbonyl (C=O) groups is 1. The second kappa shape index (κ2) is 5.47. The fourth-order valence-electron chi connectivity index (χ4n) is 1.86. The normalized spacial score (nSPS) is 10.3. The Morgan fingerprint density at radius 3 is 2.33 bits per heavy atom. The summed E-state index contributed by atoms with van der Waals surface area (Å²) in [6.07, 6.45) is 0.253. The van der Waals surface area contributed by atoms with Gasteiger partial charge in [-0.25, -0.2) is 0 Å². The Labute approximate surface area is 106 Å². The summed E-state index contributed by atoms with van der Waals surface area (Å²) in [7, 11) is 0. The van der Waals surface area contributed by atoms with E-state index in [1.54, 1.807) is 0 Å². The first-order valence-corrected chi connectivity index (χ1v) is 5.76. The highest BCUT2D eigenvalue weighted by atomic mass is 16.3. The van der Waals surface area contributed by atoms with Crippen molar-refractivity contribution in [2.75, 3.05) is 0 Å². The van der Waals surface area contributed by atoms with Gasteiger partial charge in [0.25, 0.3) is 0 Å². The van der Waals surface area contributed by atoms with Gasteiger partial charge in [-0.3, -0.25) is 4.79 Å². The van der Waals surface area contributed by atoms with Gasteiger partial charge in [0.2, 0.25) is 5.91 Å². The first-order chi connectivity index (χ1) is 8.69. The van der Waals surface area contributed by atoms with Crippen molar-refractivity contribution in [2.24, 2.45) is 5.73 Å². The number of rotatable bonds is 4. The van der Waals surface area contributed by atoms with Gasteiger partial charge in [0.05, 0.1) is 13.0 Å². The molecule has 0 aliphatic carbocycles. The zero-order valence-corrected chi connectivity index (χ0v) is 9.97. The van der Waals surface area contributed by atoms with E-state index in [2.05, 4.69) is 0 Å². The predicted molar refractivity (Wildman–Crippen MR) is 70.7 cm³/mol. The molecule has 92 valence electrons. The van der Waals surface area contributed by atoms with Crippen molar-refractivity contribution in [2.45, 2.75) is 13.0 Å². The largest absolute Gasteiger partial charge is 0.392 e. The van der Waals surface area contributed by atoms with E-state index >= 15 is 0 Å². The van der Waals surface area contributed by atoms with Crippen molar-refractivity contribution in [3.05, 3.63) is 59.7 Å². The summed E-state index contributed by atoms with van der Waals surface area (Å²) in [6, 6.07) is 15.4. The van der Waals surface area contributed by atoms with Crippen LogP contribution in [-0.2, 0) is 17.8 Å². The third-order valence-electron chi connectivity index (χ3n) is 2.78. The minimum absolute atomic E-state index is 0.0436. The zero-order chi connectivity index (χ0) is 13.0. The molecule has 3 N–H and O–H groups in total. The molecule has 18 heavy (non-hydrogen) atoms. The maximum absolute atomic E-state index is 10.9. The standard InChI is InChI=1S/C15H15NO2/c16-15(18)9-12-2-1-3-14(8-12)13-6-4-11(10-17)5-7-13/h1-8,17H,9-10H2,(H2,16,18). The Kier molecular flexibility index (Phi) is 3.75. The first-order valence-electron chi connectivity index (χ1n) is 5.76. The van der Waals surface area contributed by atoms with Crippen LogP contribution in [0.15, 0.2) is 48.5 Å². The van der Waals surface area contributed by atoms with Crippen molar-refractivity contribution in [1.29, 1.82) is 0 Å². The van der Waals surface area contributed by atoms with Gasteiger partial charge >= 0.3 is 0 Å². The van der Waals surface area contributed by atoms with Gasteiger partial charge in [0.15, 0.2) is 0 Å². The molecular weight excluding hydrogens is 226 g/mol. The predicted octanol–water partition coefficient (Wildman–Crippen LogP) is 1.87. The summed E-state index contributed by atoms with van der Waals surface area (Å²) in [5, 5.41) is 8.99. The number of carbonyl (C=O) groups excluding carboxylic acids is 1. The van der Waals surface area contributed by atoms with Crippen LogP contribution in [0, 0.1) is 0 Å². The van der Waals surface area contributed by atoms with Crippen LogP contribution >= 0.6 is 0 Å². The summed E-state index contributed by atoms with van der Waals surface area (Å²) >= 11 is 0. The number of aliphatic hydroxyl groups excluding tert-OH is 1. The number of amides is 1. The molecule has 0 atom stereocenters. The fraction of sp³-hybridized carbons (Fsp3) is 0.133. The SMILES string of the molecule is NC(=O)Cc1cccc(-c2ccc(CO)cc2)c1. The van der Waals surface area contributed by atoms with E-state index < -0.39 is 0 Å². The number of hydrogen-bond donors (Lipinski definition) is 2. The topological polar surface area (TPSA) is 63.3 Å². The Hall–Kier alpha value is -2.13. The summed E-state index contributed by atoms with van der Waals surface area (Å²) in [5.74, 6) is -0.331. The molecule has 0 spiro atoms. The van der Waals surface area contributed by atoms with E-state index in [-0.39, 0.29) is 18.9 Å². The van der Waals surface area contributed by atoms with Crippen LogP contribution in [0.5, 0.6) is 0 Å². The van der Waals surface area contributed by atoms with Gasteiger partial charge in [-0.05, 0) is 22.3 Å². The first kappa shape index (κ1) is 12.3. The van der Waals surface area contributed by atoms with Crippen LogP contribution < -0.4 is 5.73 Å². The van der Waals surface area contributed by atoms with E-state index in [1.807, 2.05) is 48.5 Å². The molecule has 2 rings (SSSR count). The lowest BCUT2D eigenvalue weighted by atomic mass is 10.0. The van der Waals surface area contributed by atoms with Gasteiger partial charge < -0.3 is 10.8 Å². The highest BCUT2D eigenvalue weighted by Gasteiger charge is 2.02. The minimum Gasteiger partial charge on any atom is -0.392 e. The Morgan fingerprint density at radius 2 is 1.72 bits per heavy atom. The Balaban J connectivity index is 2.29. The van der Waals surface area contributed by atoms with Crippen LogP contribution in [0.25, 0.3) is 11.1 Å². The van der Waals surface area contributed by atoms with Crippen molar-refractivity contribution >= 4 is 5.91 Å². The number of nitrogens with two attached hydrogens (primary N) is 1. The monoisotopic (exact) mass is 241 g/mol. The molecular formula is C15H15NO2. The van der Waals surface area contributed by atoms with Crippen LogP contribution in [0.2, 0.25) is 0 Å². The molecule has 0 aliphatic heterocycles. The molecule has 0 radical (unpaired) electrons. The highest BCUT2D eigenvalue weighted by Crippen LogP contribution is 2.21. The Bertz CT molecular complexity index is 547. The highest BCUT2D eigenvalue weighted by molar-refractivity contribution is 5.77. The molecule has 0 saturated carbocycles. The second-order valence-corrected chi connectivity index (χ2v) is 4.20. The smallest absolute Gasteiger partial charge is 0.221 e. The molecule has 0 heterocycles. The van der Waals surface area contributed by atoms with Crippen LogP contribution in [0.1, 0.15) is 11.1 Å². The molecule has 1 amide bonds. The summed E-state index contributed by atoms with van der Waals surface area (Å²) in [4.78, 5) is 10.9.